The van der Waals surface area contributed by atoms with Gasteiger partial charge in [0.1, 0.15) is 17.1 Å². The van der Waals surface area contributed by atoms with E-state index in [-0.39, 0.29) is 18.1 Å². The Balaban J connectivity index is 1.42. The average Bonchev–Trinajstić information content (AvgIpc) is 3.25. The number of pyridine rings is 1. The summed E-state index contributed by atoms with van der Waals surface area (Å²) in [4.78, 5) is 29.3. The van der Waals surface area contributed by atoms with Gasteiger partial charge in [-0.2, -0.15) is 0 Å². The number of aromatic amines is 1. The lowest BCUT2D eigenvalue weighted by Crippen LogP contribution is -2.46. The smallest absolute Gasteiger partial charge is 0.410 e. The molecule has 1 saturated heterocycles. The minimum absolute atomic E-state index is 0.0257. The third-order valence-corrected chi connectivity index (χ3v) is 6.80. The Labute approximate surface area is 177 Å². The number of halogens is 2. The maximum Gasteiger partial charge on any atom is 0.410 e. The molecule has 1 N–H and O–H groups in total. The van der Waals surface area contributed by atoms with Crippen molar-refractivity contribution in [3.63, 3.8) is 0 Å². The van der Waals surface area contributed by atoms with Gasteiger partial charge in [0.05, 0.1) is 24.1 Å². The van der Waals surface area contributed by atoms with Gasteiger partial charge in [-0.25, -0.2) is 28.5 Å². The number of nitrogens with zero attached hydrogens (tertiary/aromatic N) is 4. The summed E-state index contributed by atoms with van der Waals surface area (Å²) in [7, 11) is 1.75. The fourth-order valence-electron chi connectivity index (χ4n) is 4.98. The third-order valence-electron chi connectivity index (χ3n) is 6.80. The van der Waals surface area contributed by atoms with E-state index in [4.69, 9.17) is 4.74 Å². The Morgan fingerprint density at radius 3 is 2.94 bits per heavy atom. The van der Waals surface area contributed by atoms with Gasteiger partial charge < -0.3 is 14.6 Å². The van der Waals surface area contributed by atoms with Gasteiger partial charge in [-0.15, -0.1) is 0 Å². The first-order valence-corrected chi connectivity index (χ1v) is 10.5. The first-order chi connectivity index (χ1) is 14.9. The van der Waals surface area contributed by atoms with Gasteiger partial charge >= 0.3 is 6.09 Å². The van der Waals surface area contributed by atoms with Crippen LogP contribution in [-0.2, 0) is 11.2 Å². The molecular formula is C22H23F2N5O2. The summed E-state index contributed by atoms with van der Waals surface area (Å²) >= 11 is 0. The van der Waals surface area contributed by atoms with Gasteiger partial charge in [0.15, 0.2) is 11.6 Å². The highest BCUT2D eigenvalue weighted by atomic mass is 19.1. The Morgan fingerprint density at radius 1 is 1.32 bits per heavy atom. The van der Waals surface area contributed by atoms with Crippen molar-refractivity contribution in [2.45, 2.75) is 50.7 Å². The molecule has 2 aliphatic rings. The normalized spacial score (nSPS) is 26.1. The molecule has 31 heavy (non-hydrogen) atoms. The standard InChI is InChI=1S/C22H23F2N5O2/c1-12-22(31-21(30)29(12)2)5-3-4-13(8-22)6-18-17(24)11-27-20(28-18)16-10-26-19-15(16)7-14(23)9-25-19/h7,9-13H,3-6,8H2,1-2H3,(H,25,26)/t12-,13-,22+/m1/s1. The molecule has 162 valence electrons. The highest BCUT2D eigenvalue weighted by Crippen LogP contribution is 2.44. The first-order valence-electron chi connectivity index (χ1n) is 10.5. The third kappa shape index (κ3) is 3.32. The molecule has 2 fully saturated rings. The first kappa shape index (κ1) is 19.8. The molecule has 0 radical (unpaired) electrons. The molecule has 4 heterocycles. The van der Waals surface area contributed by atoms with Crippen molar-refractivity contribution in [1.29, 1.82) is 0 Å². The number of hydrogen-bond acceptors (Lipinski definition) is 5. The van der Waals surface area contributed by atoms with Crippen molar-refractivity contribution in [1.82, 2.24) is 24.8 Å². The molecule has 1 aliphatic heterocycles. The van der Waals surface area contributed by atoms with Crippen LogP contribution in [0.3, 0.4) is 0 Å². The van der Waals surface area contributed by atoms with Crippen molar-refractivity contribution in [2.75, 3.05) is 7.05 Å². The zero-order valence-electron chi connectivity index (χ0n) is 17.4. The predicted molar refractivity (Wildman–Crippen MR) is 109 cm³/mol. The summed E-state index contributed by atoms with van der Waals surface area (Å²) < 4.78 is 34.1. The predicted octanol–water partition coefficient (Wildman–Crippen LogP) is 4.24. The second-order valence-corrected chi connectivity index (χ2v) is 8.63. The fourth-order valence-corrected chi connectivity index (χ4v) is 4.98. The number of rotatable bonds is 3. The Morgan fingerprint density at radius 2 is 2.16 bits per heavy atom. The lowest BCUT2D eigenvalue weighted by molar-refractivity contribution is -0.0125. The zero-order chi connectivity index (χ0) is 21.8. The minimum atomic E-state index is -0.527. The van der Waals surface area contributed by atoms with Gasteiger partial charge in [0.25, 0.3) is 0 Å². The minimum Gasteiger partial charge on any atom is -0.441 e. The molecule has 3 atom stereocenters. The van der Waals surface area contributed by atoms with Gasteiger partial charge in [0.2, 0.25) is 0 Å². The van der Waals surface area contributed by atoms with Crippen LogP contribution in [-0.4, -0.2) is 49.6 Å². The van der Waals surface area contributed by atoms with Crippen LogP contribution in [0.25, 0.3) is 22.4 Å². The number of ether oxygens (including phenoxy) is 1. The molecule has 1 amide bonds. The second kappa shape index (κ2) is 7.25. The number of amides is 1. The summed E-state index contributed by atoms with van der Waals surface area (Å²) in [6, 6.07) is 1.33. The van der Waals surface area contributed by atoms with Crippen molar-refractivity contribution in [3.05, 3.63) is 42.0 Å². The van der Waals surface area contributed by atoms with Crippen molar-refractivity contribution < 1.29 is 18.3 Å². The lowest BCUT2D eigenvalue weighted by atomic mass is 9.73. The molecule has 0 unspecified atom stereocenters. The molecular weight excluding hydrogens is 404 g/mol. The highest BCUT2D eigenvalue weighted by molar-refractivity contribution is 5.91. The lowest BCUT2D eigenvalue weighted by Gasteiger charge is -2.39. The number of carbonyl (C=O) groups is 1. The van der Waals surface area contributed by atoms with E-state index < -0.39 is 17.2 Å². The number of H-pyrrole nitrogens is 1. The van der Waals surface area contributed by atoms with Crippen LogP contribution in [0, 0.1) is 17.6 Å². The Kier molecular flexibility index (Phi) is 4.64. The summed E-state index contributed by atoms with van der Waals surface area (Å²) in [6.45, 7) is 2.00. The summed E-state index contributed by atoms with van der Waals surface area (Å²) in [5.74, 6) is -0.481. The van der Waals surface area contributed by atoms with Crippen LogP contribution in [0.4, 0.5) is 13.6 Å². The van der Waals surface area contributed by atoms with Gasteiger partial charge in [-0.1, -0.05) is 0 Å². The summed E-state index contributed by atoms with van der Waals surface area (Å²) in [5, 5.41) is 0.545. The molecule has 1 spiro atoms. The highest BCUT2D eigenvalue weighted by Gasteiger charge is 2.52. The quantitative estimate of drug-likeness (QED) is 0.676. The molecule has 1 aliphatic carbocycles. The van der Waals surface area contributed by atoms with Gasteiger partial charge in [-0.3, -0.25) is 0 Å². The van der Waals surface area contributed by atoms with E-state index >= 15 is 0 Å². The zero-order valence-corrected chi connectivity index (χ0v) is 17.4. The van der Waals surface area contributed by atoms with Gasteiger partial charge in [-0.05, 0) is 51.0 Å². The topological polar surface area (TPSA) is 84.0 Å². The molecule has 9 heteroatoms. The summed E-state index contributed by atoms with van der Waals surface area (Å²) in [5.41, 5.74) is 0.877. The van der Waals surface area contributed by atoms with E-state index in [9.17, 15) is 13.6 Å². The van der Waals surface area contributed by atoms with Crippen LogP contribution in [0.2, 0.25) is 0 Å². The monoisotopic (exact) mass is 427 g/mol. The summed E-state index contributed by atoms with van der Waals surface area (Å²) in [6.07, 6.45) is 7.37. The van der Waals surface area contributed by atoms with Crippen molar-refractivity contribution in [2.24, 2.45) is 5.92 Å². The van der Waals surface area contributed by atoms with E-state index in [1.54, 1.807) is 18.1 Å². The molecule has 0 aromatic carbocycles. The van der Waals surface area contributed by atoms with E-state index in [1.807, 2.05) is 6.92 Å². The van der Waals surface area contributed by atoms with Crippen LogP contribution >= 0.6 is 0 Å². The van der Waals surface area contributed by atoms with Gasteiger partial charge in [0, 0.05) is 24.2 Å². The fraction of sp³-hybridized carbons (Fsp3) is 0.455. The van der Waals surface area contributed by atoms with Crippen LogP contribution < -0.4 is 0 Å². The van der Waals surface area contributed by atoms with E-state index in [0.29, 0.717) is 41.0 Å². The SMILES string of the molecule is C[C@H]1N(C)C(=O)O[C@]12CCC[C@H](Cc1nc(-c3c[nH]c4ncc(F)cc34)ncc1F)C2. The van der Waals surface area contributed by atoms with Crippen LogP contribution in [0.1, 0.15) is 38.3 Å². The number of nitrogens with one attached hydrogen (secondary N) is 1. The largest absolute Gasteiger partial charge is 0.441 e. The molecule has 7 nitrogen and oxygen atoms in total. The van der Waals surface area contributed by atoms with E-state index in [1.165, 1.54) is 6.07 Å². The number of likely N-dealkylation sites (N-methyl/N-ethyl adjacent to an activating group) is 1. The number of fused-ring (bicyclic) bond motifs is 1. The second-order valence-electron chi connectivity index (χ2n) is 8.63. The molecule has 1 saturated carbocycles. The molecule has 3 aromatic heterocycles. The van der Waals surface area contributed by atoms with Crippen LogP contribution in [0.15, 0.2) is 24.7 Å². The molecule has 3 aromatic rings. The number of aromatic nitrogens is 4. The molecule has 0 bridgehead atoms. The maximum atomic E-state index is 14.6. The number of hydrogen-bond donors (Lipinski definition) is 1. The van der Waals surface area contributed by atoms with Crippen molar-refractivity contribution >= 4 is 17.1 Å². The van der Waals surface area contributed by atoms with Crippen LogP contribution in [0.5, 0.6) is 0 Å². The number of carbonyl (C=O) groups excluding carboxylic acids is 1. The Bertz CT molecular complexity index is 1170. The van der Waals surface area contributed by atoms with E-state index in [0.717, 1.165) is 31.7 Å². The maximum absolute atomic E-state index is 14.6. The van der Waals surface area contributed by atoms with E-state index in [2.05, 4.69) is 19.9 Å². The Hall–Kier alpha value is -3.10. The molecule has 5 rings (SSSR count). The van der Waals surface area contributed by atoms with Crippen molar-refractivity contribution in [3.8, 4) is 11.4 Å². The average molecular weight is 427 g/mol.